The van der Waals surface area contributed by atoms with Crippen LogP contribution in [0.3, 0.4) is 0 Å². The van der Waals surface area contributed by atoms with Gasteiger partial charge in [0.15, 0.2) is 0 Å². The Kier molecular flexibility index (Phi) is 5.03. The predicted molar refractivity (Wildman–Crippen MR) is 95.0 cm³/mol. The first-order valence-corrected chi connectivity index (χ1v) is 9.05. The van der Waals surface area contributed by atoms with E-state index in [2.05, 4.69) is 10.6 Å². The molecule has 0 aromatic heterocycles. The molecule has 1 aromatic carbocycles. The van der Waals surface area contributed by atoms with E-state index in [1.54, 1.807) is 6.07 Å². The van der Waals surface area contributed by atoms with Gasteiger partial charge in [-0.3, -0.25) is 4.79 Å². The maximum Gasteiger partial charge on any atom is 0.416 e. The largest absolute Gasteiger partial charge is 0.416 e. The lowest BCUT2D eigenvalue weighted by Gasteiger charge is -2.43. The lowest BCUT2D eigenvalue weighted by atomic mass is 9.71. The maximum atomic E-state index is 13.0. The van der Waals surface area contributed by atoms with Crippen molar-refractivity contribution in [2.75, 3.05) is 13.1 Å². The van der Waals surface area contributed by atoms with Crippen LogP contribution >= 0.6 is 12.4 Å². The Morgan fingerprint density at radius 1 is 1.15 bits per heavy atom. The highest BCUT2D eigenvalue weighted by Crippen LogP contribution is 2.59. The highest BCUT2D eigenvalue weighted by atomic mass is 35.5. The number of hydrogen-bond acceptors (Lipinski definition) is 2. The number of hydrogen-bond donors (Lipinski definition) is 2. The maximum absolute atomic E-state index is 13.0. The van der Waals surface area contributed by atoms with Gasteiger partial charge in [-0.2, -0.15) is 13.2 Å². The minimum atomic E-state index is -4.36. The van der Waals surface area contributed by atoms with E-state index in [0.717, 1.165) is 44.8 Å². The molecule has 144 valence electrons. The number of nitrogens with one attached hydrogen (secondary N) is 2. The molecule has 1 aromatic rings. The molecule has 1 spiro atoms. The third-order valence-electron chi connectivity index (χ3n) is 6.42. The van der Waals surface area contributed by atoms with Gasteiger partial charge in [0, 0.05) is 5.92 Å². The summed E-state index contributed by atoms with van der Waals surface area (Å²) < 4.78 is 39.1. The summed E-state index contributed by atoms with van der Waals surface area (Å²) in [6, 6.07) is 5.44. The summed E-state index contributed by atoms with van der Waals surface area (Å²) in [7, 11) is 0. The van der Waals surface area contributed by atoms with E-state index in [9.17, 15) is 18.0 Å². The second-order valence-electron chi connectivity index (χ2n) is 7.87. The number of amides is 1. The average Bonchev–Trinajstić information content (AvgIpc) is 3.24. The predicted octanol–water partition coefficient (Wildman–Crippen LogP) is 4.01. The summed E-state index contributed by atoms with van der Waals surface area (Å²) in [5, 5.41) is 6.45. The molecule has 1 aliphatic heterocycles. The standard InChI is InChI=1S/C19H23F3N2O.ClH/c20-19(21,22)14-4-1-3-13(11-14)18(5-2-6-18)24-16(25)15-12-17(15)7-9-23-10-8-17;/h1,3-4,11,15,23H,2,5-10,12H2,(H,24,25);1H. The van der Waals surface area contributed by atoms with E-state index in [-0.39, 0.29) is 29.6 Å². The van der Waals surface area contributed by atoms with Crippen LogP contribution in [0.2, 0.25) is 0 Å². The zero-order chi connectivity index (χ0) is 17.7. The second-order valence-corrected chi connectivity index (χ2v) is 7.87. The molecule has 1 heterocycles. The Morgan fingerprint density at radius 3 is 2.42 bits per heavy atom. The number of alkyl halides is 3. The zero-order valence-corrected chi connectivity index (χ0v) is 15.3. The summed E-state index contributed by atoms with van der Waals surface area (Å²) in [5.41, 5.74) is -0.544. The Balaban J connectivity index is 0.00000196. The number of carbonyl (C=O) groups excluding carboxylic acids is 1. The van der Waals surface area contributed by atoms with Crippen LogP contribution in [0.15, 0.2) is 24.3 Å². The van der Waals surface area contributed by atoms with Crippen LogP contribution in [0.5, 0.6) is 0 Å². The van der Waals surface area contributed by atoms with Gasteiger partial charge in [-0.05, 0) is 74.7 Å². The first kappa shape index (κ1) is 19.5. The Hall–Kier alpha value is -1.27. The molecule has 0 bridgehead atoms. The van der Waals surface area contributed by atoms with Crippen molar-refractivity contribution in [1.82, 2.24) is 10.6 Å². The average molecular weight is 389 g/mol. The van der Waals surface area contributed by atoms with E-state index in [1.165, 1.54) is 12.1 Å². The molecule has 7 heteroatoms. The SMILES string of the molecule is Cl.O=C(NC1(c2cccc(C(F)(F)F)c2)CCC1)C1CC12CCNCC2. The second kappa shape index (κ2) is 6.71. The molecule has 0 radical (unpaired) electrons. The summed E-state index contributed by atoms with van der Waals surface area (Å²) in [6.45, 7) is 1.89. The van der Waals surface area contributed by atoms with Gasteiger partial charge in [-0.1, -0.05) is 12.1 Å². The molecule has 4 rings (SSSR count). The van der Waals surface area contributed by atoms with Crippen molar-refractivity contribution in [3.63, 3.8) is 0 Å². The molecule has 3 nitrogen and oxygen atoms in total. The van der Waals surface area contributed by atoms with Gasteiger partial charge < -0.3 is 10.6 Å². The third-order valence-corrected chi connectivity index (χ3v) is 6.42. The normalized spacial score (nSPS) is 25.7. The first-order valence-electron chi connectivity index (χ1n) is 9.05. The van der Waals surface area contributed by atoms with Gasteiger partial charge in [-0.25, -0.2) is 0 Å². The number of halogens is 4. The van der Waals surface area contributed by atoms with Crippen molar-refractivity contribution in [2.24, 2.45) is 11.3 Å². The fourth-order valence-corrected chi connectivity index (χ4v) is 4.53. The van der Waals surface area contributed by atoms with Crippen LogP contribution in [-0.4, -0.2) is 19.0 Å². The van der Waals surface area contributed by atoms with Gasteiger partial charge in [0.1, 0.15) is 0 Å². The van der Waals surface area contributed by atoms with Crippen molar-refractivity contribution in [3.8, 4) is 0 Å². The zero-order valence-electron chi connectivity index (χ0n) is 14.5. The van der Waals surface area contributed by atoms with Crippen molar-refractivity contribution in [1.29, 1.82) is 0 Å². The van der Waals surface area contributed by atoms with E-state index in [4.69, 9.17) is 0 Å². The summed E-state index contributed by atoms with van der Waals surface area (Å²) in [4.78, 5) is 12.8. The molecule has 1 unspecified atom stereocenters. The van der Waals surface area contributed by atoms with E-state index < -0.39 is 17.3 Å². The van der Waals surface area contributed by atoms with E-state index >= 15 is 0 Å². The van der Waals surface area contributed by atoms with Crippen molar-refractivity contribution >= 4 is 18.3 Å². The lowest BCUT2D eigenvalue weighted by molar-refractivity contribution is -0.137. The summed E-state index contributed by atoms with van der Waals surface area (Å²) in [5.74, 6) is 0.0527. The molecule has 2 aliphatic carbocycles. The number of rotatable bonds is 3. The minimum absolute atomic E-state index is 0. The van der Waals surface area contributed by atoms with Crippen LogP contribution in [0.1, 0.15) is 49.7 Å². The van der Waals surface area contributed by atoms with Crippen molar-refractivity contribution < 1.29 is 18.0 Å². The number of benzene rings is 1. The van der Waals surface area contributed by atoms with Crippen LogP contribution in [0.4, 0.5) is 13.2 Å². The van der Waals surface area contributed by atoms with E-state index in [0.29, 0.717) is 18.4 Å². The smallest absolute Gasteiger partial charge is 0.346 e. The molecule has 3 aliphatic rings. The van der Waals surface area contributed by atoms with Gasteiger partial charge in [-0.15, -0.1) is 12.4 Å². The molecule has 1 amide bonds. The molecule has 2 saturated carbocycles. The number of piperidine rings is 1. The van der Waals surface area contributed by atoms with Gasteiger partial charge in [0.25, 0.3) is 0 Å². The van der Waals surface area contributed by atoms with Crippen molar-refractivity contribution in [2.45, 2.75) is 50.2 Å². The minimum Gasteiger partial charge on any atom is -0.346 e. The lowest BCUT2D eigenvalue weighted by Crippen LogP contribution is -2.52. The molecular formula is C19H24ClF3N2O. The van der Waals surface area contributed by atoms with Gasteiger partial charge in [0.05, 0.1) is 11.1 Å². The summed E-state index contributed by atoms with van der Waals surface area (Å²) in [6.07, 6.45) is 0.933. The topological polar surface area (TPSA) is 41.1 Å². The Morgan fingerprint density at radius 2 is 1.85 bits per heavy atom. The highest BCUT2D eigenvalue weighted by Gasteiger charge is 2.58. The molecule has 26 heavy (non-hydrogen) atoms. The number of carbonyl (C=O) groups is 1. The van der Waals surface area contributed by atoms with Crippen LogP contribution < -0.4 is 10.6 Å². The Labute approximate surface area is 157 Å². The fourth-order valence-electron chi connectivity index (χ4n) is 4.53. The highest BCUT2D eigenvalue weighted by molar-refractivity contribution is 5.85. The molecule has 1 saturated heterocycles. The first-order chi connectivity index (χ1) is 11.8. The molecular weight excluding hydrogens is 365 g/mol. The van der Waals surface area contributed by atoms with Crippen LogP contribution in [0, 0.1) is 11.3 Å². The Bertz CT molecular complexity index is 682. The van der Waals surface area contributed by atoms with Crippen molar-refractivity contribution in [3.05, 3.63) is 35.4 Å². The van der Waals surface area contributed by atoms with Crippen LogP contribution in [-0.2, 0) is 16.5 Å². The monoisotopic (exact) mass is 388 g/mol. The third kappa shape index (κ3) is 3.33. The molecule has 3 fully saturated rings. The fraction of sp³-hybridized carbons (Fsp3) is 0.632. The summed E-state index contributed by atoms with van der Waals surface area (Å²) >= 11 is 0. The van der Waals surface area contributed by atoms with Gasteiger partial charge >= 0.3 is 6.18 Å². The molecule has 2 N–H and O–H groups in total. The molecule has 1 atom stereocenters. The van der Waals surface area contributed by atoms with Crippen LogP contribution in [0.25, 0.3) is 0 Å². The quantitative estimate of drug-likeness (QED) is 0.821. The van der Waals surface area contributed by atoms with E-state index in [1.807, 2.05) is 0 Å². The van der Waals surface area contributed by atoms with Gasteiger partial charge in [0.2, 0.25) is 5.91 Å².